The normalized spacial score (nSPS) is 19.9. The van der Waals surface area contributed by atoms with Gasteiger partial charge in [0.05, 0.1) is 11.9 Å². The van der Waals surface area contributed by atoms with Crippen LogP contribution in [-0.4, -0.2) is 29.4 Å². The number of carbonyl (C=O) groups excluding carboxylic acids is 2. The van der Waals surface area contributed by atoms with Crippen molar-refractivity contribution in [1.82, 2.24) is 10.3 Å². The molecule has 1 unspecified atom stereocenters. The fourth-order valence-electron chi connectivity index (χ4n) is 2.05. The first-order valence-electron chi connectivity index (χ1n) is 6.34. The predicted molar refractivity (Wildman–Crippen MR) is 68.4 cm³/mol. The van der Waals surface area contributed by atoms with Crippen molar-refractivity contribution in [2.45, 2.75) is 26.1 Å². The minimum Gasteiger partial charge on any atom is -0.342 e. The number of anilines is 1. The van der Waals surface area contributed by atoms with Crippen molar-refractivity contribution in [2.24, 2.45) is 5.92 Å². The number of piperazine rings is 1. The van der Waals surface area contributed by atoms with Crippen molar-refractivity contribution in [3.63, 3.8) is 0 Å². The fourth-order valence-corrected chi connectivity index (χ4v) is 2.05. The molecule has 2 rings (SSSR count). The maximum atomic E-state index is 12.5. The number of halogens is 3. The second-order valence-corrected chi connectivity index (χ2v) is 5.11. The molecular formula is C13H14F3N3O2. The Morgan fingerprint density at radius 1 is 1.33 bits per heavy atom. The number of alkyl halides is 3. The summed E-state index contributed by atoms with van der Waals surface area (Å²) in [7, 11) is 0. The van der Waals surface area contributed by atoms with Gasteiger partial charge in [0, 0.05) is 0 Å². The predicted octanol–water partition coefficient (Wildman–Crippen LogP) is 1.59. The summed E-state index contributed by atoms with van der Waals surface area (Å²) in [5.74, 6) is -0.828. The lowest BCUT2D eigenvalue weighted by Crippen LogP contribution is -2.60. The molecule has 114 valence electrons. The standard InChI is InChI=1S/C13H14F3N3O2/c1-7(2)11-12(21)19(6-10(20)18-11)8-3-4-9(17-5-8)13(14,15)16/h3-5,7,11H,6H2,1-2H3,(H,18,20). The molecule has 0 aliphatic carbocycles. The summed E-state index contributed by atoms with van der Waals surface area (Å²) in [4.78, 5) is 28.3. The summed E-state index contributed by atoms with van der Waals surface area (Å²) in [6.07, 6.45) is -3.58. The van der Waals surface area contributed by atoms with Gasteiger partial charge in [0.25, 0.3) is 0 Å². The van der Waals surface area contributed by atoms with Gasteiger partial charge in [0.15, 0.2) is 0 Å². The van der Waals surface area contributed by atoms with Crippen molar-refractivity contribution < 1.29 is 22.8 Å². The van der Waals surface area contributed by atoms with Crippen molar-refractivity contribution in [3.05, 3.63) is 24.0 Å². The summed E-state index contributed by atoms with van der Waals surface area (Å²) in [5.41, 5.74) is -0.867. The van der Waals surface area contributed by atoms with Gasteiger partial charge in [0.2, 0.25) is 11.8 Å². The van der Waals surface area contributed by atoms with E-state index in [-0.39, 0.29) is 30.0 Å². The van der Waals surface area contributed by atoms with Crippen LogP contribution >= 0.6 is 0 Å². The monoisotopic (exact) mass is 301 g/mol. The van der Waals surface area contributed by atoms with E-state index >= 15 is 0 Å². The summed E-state index contributed by atoms with van der Waals surface area (Å²) < 4.78 is 37.4. The molecule has 0 aromatic carbocycles. The van der Waals surface area contributed by atoms with Gasteiger partial charge in [-0.25, -0.2) is 4.98 Å². The van der Waals surface area contributed by atoms with Gasteiger partial charge in [0.1, 0.15) is 18.3 Å². The number of carbonyl (C=O) groups is 2. The third-order valence-electron chi connectivity index (χ3n) is 3.17. The molecule has 21 heavy (non-hydrogen) atoms. The van der Waals surface area contributed by atoms with Crippen LogP contribution in [0.1, 0.15) is 19.5 Å². The van der Waals surface area contributed by atoms with Crippen LogP contribution in [0.5, 0.6) is 0 Å². The van der Waals surface area contributed by atoms with Gasteiger partial charge in [-0.3, -0.25) is 14.5 Å². The number of pyridine rings is 1. The summed E-state index contributed by atoms with van der Waals surface area (Å²) >= 11 is 0. The van der Waals surface area contributed by atoms with E-state index in [1.807, 2.05) is 0 Å². The van der Waals surface area contributed by atoms with Crippen LogP contribution in [0.25, 0.3) is 0 Å². The molecule has 1 aliphatic rings. The average Bonchev–Trinajstić information content (AvgIpc) is 2.40. The summed E-state index contributed by atoms with van der Waals surface area (Å²) in [6.45, 7) is 3.32. The number of rotatable bonds is 2. The van der Waals surface area contributed by atoms with Crippen molar-refractivity contribution in [1.29, 1.82) is 0 Å². The minimum absolute atomic E-state index is 0.119. The highest BCUT2D eigenvalue weighted by atomic mass is 19.4. The summed E-state index contributed by atoms with van der Waals surface area (Å²) in [5, 5.41) is 2.57. The van der Waals surface area contributed by atoms with Crippen LogP contribution in [0.4, 0.5) is 18.9 Å². The van der Waals surface area contributed by atoms with E-state index in [2.05, 4.69) is 10.3 Å². The molecule has 0 radical (unpaired) electrons. The molecule has 8 heteroatoms. The molecule has 1 atom stereocenters. The zero-order valence-electron chi connectivity index (χ0n) is 11.4. The van der Waals surface area contributed by atoms with Gasteiger partial charge in [-0.05, 0) is 18.1 Å². The Kier molecular flexibility index (Phi) is 3.89. The first-order chi connectivity index (χ1) is 9.70. The van der Waals surface area contributed by atoms with Crippen LogP contribution in [0.2, 0.25) is 0 Å². The third kappa shape index (κ3) is 3.14. The second-order valence-electron chi connectivity index (χ2n) is 5.11. The lowest BCUT2D eigenvalue weighted by molar-refractivity contribution is -0.141. The Bertz CT molecular complexity index is 555. The fraction of sp³-hybridized carbons (Fsp3) is 0.462. The highest BCUT2D eigenvalue weighted by Crippen LogP contribution is 2.29. The number of aromatic nitrogens is 1. The molecule has 2 amide bonds. The highest BCUT2D eigenvalue weighted by Gasteiger charge is 2.36. The van der Waals surface area contributed by atoms with E-state index in [4.69, 9.17) is 0 Å². The SMILES string of the molecule is CC(C)C1NC(=O)CN(c2ccc(C(F)(F)F)nc2)C1=O. The molecule has 1 fully saturated rings. The molecule has 0 spiro atoms. The molecule has 1 saturated heterocycles. The van der Waals surface area contributed by atoms with E-state index in [0.717, 1.165) is 23.2 Å². The van der Waals surface area contributed by atoms with Crippen LogP contribution in [0.15, 0.2) is 18.3 Å². The Hall–Kier alpha value is -2.12. The Labute approximate surface area is 119 Å². The van der Waals surface area contributed by atoms with Crippen LogP contribution in [-0.2, 0) is 15.8 Å². The number of hydrogen-bond donors (Lipinski definition) is 1. The molecule has 1 N–H and O–H groups in total. The Morgan fingerprint density at radius 2 is 2.00 bits per heavy atom. The average molecular weight is 301 g/mol. The van der Waals surface area contributed by atoms with Crippen LogP contribution in [0.3, 0.4) is 0 Å². The zero-order chi connectivity index (χ0) is 15.8. The van der Waals surface area contributed by atoms with Gasteiger partial charge >= 0.3 is 6.18 Å². The van der Waals surface area contributed by atoms with Crippen LogP contribution < -0.4 is 10.2 Å². The molecule has 1 aliphatic heterocycles. The Morgan fingerprint density at radius 3 is 2.48 bits per heavy atom. The number of hydrogen-bond acceptors (Lipinski definition) is 3. The molecule has 1 aromatic rings. The number of nitrogens with one attached hydrogen (secondary N) is 1. The van der Waals surface area contributed by atoms with E-state index in [1.54, 1.807) is 13.8 Å². The van der Waals surface area contributed by atoms with Gasteiger partial charge in [-0.2, -0.15) is 13.2 Å². The first kappa shape index (κ1) is 15.3. The third-order valence-corrected chi connectivity index (χ3v) is 3.17. The van der Waals surface area contributed by atoms with E-state index in [9.17, 15) is 22.8 Å². The van der Waals surface area contributed by atoms with Crippen molar-refractivity contribution in [2.75, 3.05) is 11.4 Å². The molecular weight excluding hydrogens is 287 g/mol. The lowest BCUT2D eigenvalue weighted by Gasteiger charge is -2.34. The Balaban J connectivity index is 2.28. The molecule has 0 saturated carbocycles. The van der Waals surface area contributed by atoms with E-state index in [0.29, 0.717) is 0 Å². The highest BCUT2D eigenvalue weighted by molar-refractivity contribution is 6.06. The first-order valence-corrected chi connectivity index (χ1v) is 6.34. The molecule has 2 heterocycles. The van der Waals surface area contributed by atoms with Crippen LogP contribution in [0, 0.1) is 5.92 Å². The number of amides is 2. The quantitative estimate of drug-likeness (QED) is 0.902. The smallest absolute Gasteiger partial charge is 0.342 e. The van der Waals surface area contributed by atoms with Gasteiger partial charge in [-0.15, -0.1) is 0 Å². The lowest BCUT2D eigenvalue weighted by atomic mass is 10.0. The second kappa shape index (κ2) is 5.34. The molecule has 5 nitrogen and oxygen atoms in total. The zero-order valence-corrected chi connectivity index (χ0v) is 11.4. The minimum atomic E-state index is -4.54. The largest absolute Gasteiger partial charge is 0.433 e. The topological polar surface area (TPSA) is 62.3 Å². The molecule has 1 aromatic heterocycles. The van der Waals surface area contributed by atoms with E-state index < -0.39 is 17.9 Å². The maximum absolute atomic E-state index is 12.5. The summed E-state index contributed by atoms with van der Waals surface area (Å²) in [6, 6.07) is 1.25. The van der Waals surface area contributed by atoms with E-state index in [1.165, 1.54) is 0 Å². The molecule has 0 bridgehead atoms. The number of nitrogens with zero attached hydrogens (tertiary/aromatic N) is 2. The van der Waals surface area contributed by atoms with Crippen molar-refractivity contribution >= 4 is 17.5 Å². The van der Waals surface area contributed by atoms with Gasteiger partial charge in [-0.1, -0.05) is 13.8 Å². The maximum Gasteiger partial charge on any atom is 0.433 e. The van der Waals surface area contributed by atoms with Gasteiger partial charge < -0.3 is 5.32 Å². The van der Waals surface area contributed by atoms with Crippen molar-refractivity contribution in [3.8, 4) is 0 Å².